The van der Waals surface area contributed by atoms with Crippen LogP contribution in [-0.2, 0) is 19.5 Å². The predicted molar refractivity (Wildman–Crippen MR) is 81.5 cm³/mol. The number of rotatable bonds is 6. The molecule has 0 aliphatic rings. The van der Waals surface area contributed by atoms with E-state index < -0.39 is 0 Å². The molecule has 1 atom stereocenters. The molecule has 0 aliphatic carbocycles. The standard InChI is InChI=1S/C16H24N4/c1-5-20-10-8-15(18-20)12-19(4)14(3)11-16-13(2)7-6-9-17-16/h6-10,14H,5,11-12H2,1-4H3/t14-/m0/s1. The number of pyridine rings is 1. The van der Waals surface area contributed by atoms with Crippen molar-refractivity contribution in [2.24, 2.45) is 0 Å². The van der Waals surface area contributed by atoms with Crippen LogP contribution < -0.4 is 0 Å². The molecule has 0 fully saturated rings. The molecule has 0 spiro atoms. The van der Waals surface area contributed by atoms with Crippen LogP contribution in [0.2, 0.25) is 0 Å². The summed E-state index contributed by atoms with van der Waals surface area (Å²) in [4.78, 5) is 6.81. The third-order valence-corrected chi connectivity index (χ3v) is 3.79. The van der Waals surface area contributed by atoms with Crippen molar-refractivity contribution in [2.75, 3.05) is 7.05 Å². The summed E-state index contributed by atoms with van der Waals surface area (Å²) in [6.45, 7) is 8.27. The minimum atomic E-state index is 0.440. The molecule has 0 unspecified atom stereocenters. The first kappa shape index (κ1) is 14.7. The monoisotopic (exact) mass is 272 g/mol. The molecule has 0 amide bonds. The zero-order valence-corrected chi connectivity index (χ0v) is 12.9. The Morgan fingerprint density at radius 3 is 2.80 bits per heavy atom. The molecule has 4 heteroatoms. The Balaban J connectivity index is 1.95. The lowest BCUT2D eigenvalue weighted by Crippen LogP contribution is -2.31. The summed E-state index contributed by atoms with van der Waals surface area (Å²) in [7, 11) is 2.15. The van der Waals surface area contributed by atoms with Gasteiger partial charge in [-0.3, -0.25) is 14.6 Å². The quantitative estimate of drug-likeness (QED) is 0.810. The van der Waals surface area contributed by atoms with Gasteiger partial charge in [-0.05, 0) is 45.5 Å². The minimum Gasteiger partial charge on any atom is -0.297 e. The van der Waals surface area contributed by atoms with Gasteiger partial charge in [-0.15, -0.1) is 0 Å². The fourth-order valence-corrected chi connectivity index (χ4v) is 2.24. The summed E-state index contributed by atoms with van der Waals surface area (Å²) >= 11 is 0. The Bertz CT molecular complexity index is 547. The van der Waals surface area contributed by atoms with E-state index in [0.29, 0.717) is 6.04 Å². The van der Waals surface area contributed by atoms with Gasteiger partial charge in [0, 0.05) is 43.6 Å². The van der Waals surface area contributed by atoms with Gasteiger partial charge < -0.3 is 0 Å². The number of aryl methyl sites for hydroxylation is 2. The first-order valence-corrected chi connectivity index (χ1v) is 7.23. The van der Waals surface area contributed by atoms with Crippen molar-refractivity contribution in [3.8, 4) is 0 Å². The second kappa shape index (κ2) is 6.66. The van der Waals surface area contributed by atoms with E-state index in [1.807, 2.05) is 23.1 Å². The van der Waals surface area contributed by atoms with Crippen molar-refractivity contribution >= 4 is 0 Å². The van der Waals surface area contributed by atoms with E-state index in [4.69, 9.17) is 0 Å². The highest BCUT2D eigenvalue weighted by Crippen LogP contribution is 2.11. The molecule has 0 aliphatic heterocycles. The fraction of sp³-hybridized carbons (Fsp3) is 0.500. The van der Waals surface area contributed by atoms with Crippen LogP contribution in [0.3, 0.4) is 0 Å². The van der Waals surface area contributed by atoms with Crippen molar-refractivity contribution in [3.63, 3.8) is 0 Å². The highest BCUT2D eigenvalue weighted by molar-refractivity contribution is 5.18. The summed E-state index contributed by atoms with van der Waals surface area (Å²) in [5, 5.41) is 4.54. The highest BCUT2D eigenvalue weighted by Gasteiger charge is 2.13. The summed E-state index contributed by atoms with van der Waals surface area (Å²) in [6.07, 6.45) is 4.88. The maximum absolute atomic E-state index is 4.54. The van der Waals surface area contributed by atoms with Crippen molar-refractivity contribution in [1.82, 2.24) is 19.7 Å². The van der Waals surface area contributed by atoms with Gasteiger partial charge in [-0.25, -0.2) is 0 Å². The largest absolute Gasteiger partial charge is 0.297 e. The number of aromatic nitrogens is 3. The smallest absolute Gasteiger partial charge is 0.0764 e. The van der Waals surface area contributed by atoms with Gasteiger partial charge in [0.1, 0.15) is 0 Å². The van der Waals surface area contributed by atoms with E-state index >= 15 is 0 Å². The maximum atomic E-state index is 4.54. The molecular formula is C16H24N4. The predicted octanol–water partition coefficient (Wildman–Crippen LogP) is 2.67. The Labute approximate surface area is 121 Å². The van der Waals surface area contributed by atoms with E-state index in [9.17, 15) is 0 Å². The molecule has 0 bridgehead atoms. The molecule has 0 N–H and O–H groups in total. The normalized spacial score (nSPS) is 12.8. The molecule has 0 saturated carbocycles. The third-order valence-electron chi connectivity index (χ3n) is 3.79. The number of hydrogen-bond donors (Lipinski definition) is 0. The lowest BCUT2D eigenvalue weighted by atomic mass is 10.1. The van der Waals surface area contributed by atoms with Crippen LogP contribution in [0, 0.1) is 6.92 Å². The maximum Gasteiger partial charge on any atom is 0.0764 e. The number of nitrogens with zero attached hydrogens (tertiary/aromatic N) is 4. The van der Waals surface area contributed by atoms with Crippen LogP contribution in [0.15, 0.2) is 30.6 Å². The van der Waals surface area contributed by atoms with Gasteiger partial charge in [-0.1, -0.05) is 6.07 Å². The zero-order chi connectivity index (χ0) is 14.5. The summed E-state index contributed by atoms with van der Waals surface area (Å²) in [5.41, 5.74) is 3.58. The Kier molecular flexibility index (Phi) is 4.90. The topological polar surface area (TPSA) is 34.0 Å². The molecule has 20 heavy (non-hydrogen) atoms. The summed E-state index contributed by atoms with van der Waals surface area (Å²) in [6, 6.07) is 6.65. The van der Waals surface area contributed by atoms with Crippen LogP contribution in [0.5, 0.6) is 0 Å². The minimum absolute atomic E-state index is 0.440. The Hall–Kier alpha value is -1.68. The van der Waals surface area contributed by atoms with Crippen molar-refractivity contribution in [3.05, 3.63) is 47.5 Å². The van der Waals surface area contributed by atoms with Crippen LogP contribution in [0.1, 0.15) is 30.8 Å². The molecule has 2 heterocycles. The van der Waals surface area contributed by atoms with E-state index in [1.165, 1.54) is 11.3 Å². The highest BCUT2D eigenvalue weighted by atomic mass is 15.3. The second-order valence-corrected chi connectivity index (χ2v) is 5.40. The first-order chi connectivity index (χ1) is 9.60. The number of likely N-dealkylation sites (N-methyl/N-ethyl adjacent to an activating group) is 1. The molecule has 2 aromatic heterocycles. The van der Waals surface area contributed by atoms with Gasteiger partial charge in [-0.2, -0.15) is 5.10 Å². The lowest BCUT2D eigenvalue weighted by Gasteiger charge is -2.24. The molecule has 0 aromatic carbocycles. The van der Waals surface area contributed by atoms with E-state index in [2.05, 4.69) is 54.9 Å². The average Bonchev–Trinajstić information content (AvgIpc) is 2.89. The van der Waals surface area contributed by atoms with E-state index in [-0.39, 0.29) is 0 Å². The van der Waals surface area contributed by atoms with Crippen LogP contribution >= 0.6 is 0 Å². The lowest BCUT2D eigenvalue weighted by molar-refractivity contribution is 0.243. The summed E-state index contributed by atoms with van der Waals surface area (Å²) in [5.74, 6) is 0. The van der Waals surface area contributed by atoms with Gasteiger partial charge in [0.05, 0.1) is 5.69 Å². The van der Waals surface area contributed by atoms with Crippen LogP contribution in [0.4, 0.5) is 0 Å². The van der Waals surface area contributed by atoms with Crippen molar-refractivity contribution in [1.29, 1.82) is 0 Å². The van der Waals surface area contributed by atoms with Gasteiger partial charge in [0.2, 0.25) is 0 Å². The first-order valence-electron chi connectivity index (χ1n) is 7.23. The second-order valence-electron chi connectivity index (χ2n) is 5.40. The molecule has 2 rings (SSSR count). The molecular weight excluding hydrogens is 248 g/mol. The van der Waals surface area contributed by atoms with Crippen molar-refractivity contribution in [2.45, 2.75) is 46.3 Å². The molecule has 0 saturated heterocycles. The van der Waals surface area contributed by atoms with Crippen molar-refractivity contribution < 1.29 is 0 Å². The fourth-order valence-electron chi connectivity index (χ4n) is 2.24. The average molecular weight is 272 g/mol. The molecule has 4 nitrogen and oxygen atoms in total. The summed E-state index contributed by atoms with van der Waals surface area (Å²) < 4.78 is 1.97. The molecule has 2 aromatic rings. The zero-order valence-electron chi connectivity index (χ0n) is 12.9. The van der Waals surface area contributed by atoms with E-state index in [0.717, 1.165) is 25.2 Å². The van der Waals surface area contributed by atoms with Gasteiger partial charge in [0.25, 0.3) is 0 Å². The van der Waals surface area contributed by atoms with Gasteiger partial charge in [0.15, 0.2) is 0 Å². The Morgan fingerprint density at radius 2 is 2.15 bits per heavy atom. The van der Waals surface area contributed by atoms with Crippen LogP contribution in [-0.4, -0.2) is 32.8 Å². The molecule has 0 radical (unpaired) electrons. The number of hydrogen-bond acceptors (Lipinski definition) is 3. The van der Waals surface area contributed by atoms with Gasteiger partial charge >= 0.3 is 0 Å². The SMILES string of the molecule is CCn1ccc(CN(C)[C@@H](C)Cc2ncccc2C)n1. The Morgan fingerprint density at radius 1 is 1.35 bits per heavy atom. The van der Waals surface area contributed by atoms with E-state index in [1.54, 1.807) is 0 Å². The molecule has 108 valence electrons. The third kappa shape index (κ3) is 3.67. The van der Waals surface area contributed by atoms with Crippen LogP contribution in [0.25, 0.3) is 0 Å².